The zero-order chi connectivity index (χ0) is 29.6. The predicted molar refractivity (Wildman–Crippen MR) is 182 cm³/mol. The van der Waals surface area contributed by atoms with Crippen LogP contribution < -0.4 is 9.47 Å². The lowest BCUT2D eigenvalue weighted by molar-refractivity contribution is 0.248. The third kappa shape index (κ3) is 6.04. The second kappa shape index (κ2) is 14.0. The van der Waals surface area contributed by atoms with E-state index in [1.165, 1.54) is 27.8 Å². The summed E-state index contributed by atoms with van der Waals surface area (Å²) >= 11 is 0. The summed E-state index contributed by atoms with van der Waals surface area (Å²) in [6.45, 7) is 3.01. The van der Waals surface area contributed by atoms with Gasteiger partial charge in [-0.1, -0.05) is 103 Å². The molecule has 0 radical (unpaired) electrons. The number of fused-ring (bicyclic) bond motifs is 2. The van der Waals surface area contributed by atoms with Crippen LogP contribution in [0.4, 0.5) is 0 Å². The maximum Gasteiger partial charge on any atom is 0.161 e. The summed E-state index contributed by atoms with van der Waals surface area (Å²) in [6, 6.07) is 36.3. The highest BCUT2D eigenvalue weighted by molar-refractivity contribution is 5.94. The third-order valence-electron chi connectivity index (χ3n) is 9.08. The Morgan fingerprint density at radius 1 is 0.727 bits per heavy atom. The highest BCUT2D eigenvalue weighted by Gasteiger charge is 2.35. The van der Waals surface area contributed by atoms with E-state index in [1.807, 2.05) is 36.4 Å². The lowest BCUT2D eigenvalue weighted by Gasteiger charge is -2.33. The van der Waals surface area contributed by atoms with E-state index in [1.54, 1.807) is 19.8 Å². The molecule has 0 saturated carbocycles. The smallest absolute Gasteiger partial charge is 0.161 e. The van der Waals surface area contributed by atoms with E-state index in [4.69, 9.17) is 9.47 Å². The number of nitriles is 1. The summed E-state index contributed by atoms with van der Waals surface area (Å²) in [5.41, 5.74) is 9.37. The number of likely N-dealkylation sites (tertiary alicyclic amines) is 1. The van der Waals surface area contributed by atoms with E-state index in [0.717, 1.165) is 56.4 Å². The van der Waals surface area contributed by atoms with Gasteiger partial charge in [-0.25, -0.2) is 0 Å². The first-order valence-electron chi connectivity index (χ1n) is 15.2. The van der Waals surface area contributed by atoms with Crippen LogP contribution in [0.1, 0.15) is 59.1 Å². The van der Waals surface area contributed by atoms with Gasteiger partial charge in [-0.05, 0) is 83.3 Å². The fraction of sp³-hybridized carbons (Fsp3) is 0.256. The van der Waals surface area contributed by atoms with Gasteiger partial charge in [-0.15, -0.1) is 12.4 Å². The first-order chi connectivity index (χ1) is 21.2. The molecule has 1 aliphatic carbocycles. The van der Waals surface area contributed by atoms with Crippen molar-refractivity contribution in [2.75, 3.05) is 33.9 Å². The highest BCUT2D eigenvalue weighted by atomic mass is 35.5. The summed E-state index contributed by atoms with van der Waals surface area (Å²) in [5.74, 6) is 1.31. The van der Waals surface area contributed by atoms with Crippen LogP contribution in [0.2, 0.25) is 0 Å². The SMILES string of the molecule is COc1ccc(C(C#N)(CCCN2CCC(=C3c4ccccc4C=Cc4ccccc43)CC2)c2ccccc2)cc1OC.Cl. The van der Waals surface area contributed by atoms with E-state index >= 15 is 0 Å². The van der Waals surface area contributed by atoms with Crippen molar-refractivity contribution in [3.05, 3.63) is 136 Å². The maximum atomic E-state index is 10.7. The number of ether oxygens (including phenoxy) is 2. The molecule has 224 valence electrons. The highest BCUT2D eigenvalue weighted by Crippen LogP contribution is 2.41. The first-order valence-corrected chi connectivity index (χ1v) is 15.2. The Balaban J connectivity index is 0.00000384. The van der Waals surface area contributed by atoms with Gasteiger partial charge in [0.05, 0.1) is 20.3 Å². The normalized spacial score (nSPS) is 15.6. The Kier molecular flexibility index (Phi) is 9.90. The third-order valence-corrected chi connectivity index (χ3v) is 9.08. The quantitative estimate of drug-likeness (QED) is 0.178. The summed E-state index contributed by atoms with van der Waals surface area (Å²) in [5, 5.41) is 10.7. The Morgan fingerprint density at radius 3 is 1.91 bits per heavy atom. The fourth-order valence-electron chi connectivity index (χ4n) is 6.77. The molecule has 1 saturated heterocycles. The summed E-state index contributed by atoms with van der Waals surface area (Å²) < 4.78 is 11.1. The Bertz CT molecular complexity index is 1640. The van der Waals surface area contributed by atoms with Crippen LogP contribution >= 0.6 is 12.4 Å². The van der Waals surface area contributed by atoms with E-state index < -0.39 is 5.41 Å². The van der Waals surface area contributed by atoms with Crippen LogP contribution in [0.5, 0.6) is 11.5 Å². The zero-order valence-electron chi connectivity index (χ0n) is 25.5. The summed E-state index contributed by atoms with van der Waals surface area (Å²) in [7, 11) is 3.28. The number of hydrogen-bond donors (Lipinski definition) is 0. The summed E-state index contributed by atoms with van der Waals surface area (Å²) in [4.78, 5) is 2.57. The number of methoxy groups -OCH3 is 2. The van der Waals surface area contributed by atoms with Crippen LogP contribution in [-0.2, 0) is 5.41 Å². The molecule has 1 fully saturated rings. The van der Waals surface area contributed by atoms with Gasteiger partial charge < -0.3 is 14.4 Å². The lowest BCUT2D eigenvalue weighted by Crippen LogP contribution is -2.34. The van der Waals surface area contributed by atoms with E-state index in [-0.39, 0.29) is 12.4 Å². The fourth-order valence-corrected chi connectivity index (χ4v) is 6.77. The molecule has 4 aromatic rings. The van der Waals surface area contributed by atoms with Crippen LogP contribution in [0, 0.1) is 11.3 Å². The molecule has 2 aliphatic rings. The Labute approximate surface area is 267 Å². The average Bonchev–Trinajstić information content (AvgIpc) is 3.24. The van der Waals surface area contributed by atoms with Crippen LogP contribution in [0.15, 0.2) is 103 Å². The summed E-state index contributed by atoms with van der Waals surface area (Å²) in [6.07, 6.45) is 8.25. The monoisotopic (exact) mass is 602 g/mol. The molecule has 6 rings (SSSR count). The molecule has 4 nitrogen and oxygen atoms in total. The van der Waals surface area contributed by atoms with Gasteiger partial charge in [-0.3, -0.25) is 0 Å². The first kappa shape index (κ1) is 31.1. The molecular formula is C39H39ClN2O2. The minimum Gasteiger partial charge on any atom is -0.493 e. The largest absolute Gasteiger partial charge is 0.493 e. The average molecular weight is 603 g/mol. The number of benzene rings is 4. The van der Waals surface area contributed by atoms with Crippen molar-refractivity contribution in [1.82, 2.24) is 4.90 Å². The van der Waals surface area contributed by atoms with Crippen molar-refractivity contribution in [3.63, 3.8) is 0 Å². The van der Waals surface area contributed by atoms with Gasteiger partial charge in [0.25, 0.3) is 0 Å². The molecular weight excluding hydrogens is 564 g/mol. The molecule has 0 N–H and O–H groups in total. The van der Waals surface area contributed by atoms with Crippen LogP contribution in [0.25, 0.3) is 17.7 Å². The second-order valence-electron chi connectivity index (χ2n) is 11.4. The molecule has 5 heteroatoms. The van der Waals surface area contributed by atoms with Crippen molar-refractivity contribution in [2.45, 2.75) is 31.1 Å². The number of piperidine rings is 1. The topological polar surface area (TPSA) is 45.5 Å². The van der Waals surface area contributed by atoms with Gasteiger partial charge in [0.15, 0.2) is 11.5 Å². The number of rotatable bonds is 8. The van der Waals surface area contributed by atoms with Gasteiger partial charge in [0.2, 0.25) is 0 Å². The number of hydrogen-bond acceptors (Lipinski definition) is 4. The molecule has 1 atom stereocenters. The molecule has 1 heterocycles. The standard InChI is InChI=1S/C39H38N2O2.ClH/c1-42-36-20-19-33(27-37(36)43-2)39(28-40,32-13-4-3-5-14-32)23-10-24-41-25-21-31(22-26-41)38-34-15-8-6-11-29(34)17-18-30-12-7-9-16-35(30)38;/h3-9,11-20,27H,10,21-26H2,1-2H3;1H. The van der Waals surface area contributed by atoms with E-state index in [9.17, 15) is 5.26 Å². The van der Waals surface area contributed by atoms with Crippen LogP contribution in [-0.4, -0.2) is 38.8 Å². The minimum absolute atomic E-state index is 0. The molecule has 0 aromatic heterocycles. The van der Waals surface area contributed by atoms with Crippen molar-refractivity contribution < 1.29 is 9.47 Å². The van der Waals surface area contributed by atoms with E-state index in [0.29, 0.717) is 11.5 Å². The lowest BCUT2D eigenvalue weighted by atomic mass is 9.72. The molecule has 0 amide bonds. The van der Waals surface area contributed by atoms with Crippen molar-refractivity contribution in [1.29, 1.82) is 5.26 Å². The molecule has 1 aliphatic heterocycles. The van der Waals surface area contributed by atoms with E-state index in [2.05, 4.69) is 83.8 Å². The van der Waals surface area contributed by atoms with Crippen molar-refractivity contribution in [3.8, 4) is 17.6 Å². The van der Waals surface area contributed by atoms with Gasteiger partial charge in [0.1, 0.15) is 5.41 Å². The predicted octanol–water partition coefficient (Wildman–Crippen LogP) is 8.80. The van der Waals surface area contributed by atoms with Gasteiger partial charge in [0, 0.05) is 13.1 Å². The van der Waals surface area contributed by atoms with Crippen molar-refractivity contribution >= 4 is 30.1 Å². The van der Waals surface area contributed by atoms with Gasteiger partial charge >= 0.3 is 0 Å². The minimum atomic E-state index is -0.773. The Hall–Kier alpha value is -4.30. The molecule has 0 bridgehead atoms. The molecule has 0 spiro atoms. The van der Waals surface area contributed by atoms with Crippen molar-refractivity contribution in [2.24, 2.45) is 0 Å². The molecule has 4 aromatic carbocycles. The maximum absolute atomic E-state index is 10.7. The molecule has 1 unspecified atom stereocenters. The molecule has 44 heavy (non-hydrogen) atoms. The zero-order valence-corrected chi connectivity index (χ0v) is 26.3. The number of halogens is 1. The second-order valence-corrected chi connectivity index (χ2v) is 11.4. The van der Waals surface area contributed by atoms with Crippen LogP contribution in [0.3, 0.4) is 0 Å². The Morgan fingerprint density at radius 2 is 1.32 bits per heavy atom. The van der Waals surface area contributed by atoms with Gasteiger partial charge in [-0.2, -0.15) is 5.26 Å². The number of nitrogens with zero attached hydrogens (tertiary/aromatic N) is 2.